The summed E-state index contributed by atoms with van der Waals surface area (Å²) in [5.74, 6) is 0.331. The maximum atomic E-state index is 14.1. The third kappa shape index (κ3) is 5.85. The molecule has 1 atom stereocenters. The summed E-state index contributed by atoms with van der Waals surface area (Å²) in [5, 5.41) is 2.91. The van der Waals surface area contributed by atoms with Crippen molar-refractivity contribution >= 4 is 21.6 Å². The van der Waals surface area contributed by atoms with E-state index in [0.29, 0.717) is 22.7 Å². The van der Waals surface area contributed by atoms with Crippen LogP contribution >= 0.6 is 0 Å². The molecule has 1 N–H and O–H groups in total. The SMILES string of the molecule is COc1ccc([C@H](C)NC(=O)c2ccc(N(Cc3ccccc3F)S(C)(=O)=O)cc2)cc1OC. The van der Waals surface area contributed by atoms with Crippen molar-refractivity contribution in [2.24, 2.45) is 0 Å². The molecule has 9 heteroatoms. The predicted octanol–water partition coefficient (Wildman–Crippen LogP) is 4.30. The van der Waals surface area contributed by atoms with E-state index in [4.69, 9.17) is 9.47 Å². The molecule has 34 heavy (non-hydrogen) atoms. The lowest BCUT2D eigenvalue weighted by atomic mass is 10.1. The van der Waals surface area contributed by atoms with Gasteiger partial charge in [-0.05, 0) is 55.0 Å². The van der Waals surface area contributed by atoms with E-state index in [2.05, 4.69) is 5.32 Å². The normalized spacial score (nSPS) is 12.0. The largest absolute Gasteiger partial charge is 0.493 e. The number of hydrogen-bond donors (Lipinski definition) is 1. The standard InChI is InChI=1S/C25H27FN2O5S/c1-17(19-11-14-23(32-2)24(15-19)33-3)27-25(29)18-9-12-21(13-10-18)28(34(4,30)31)16-20-7-5-6-8-22(20)26/h5-15,17H,16H2,1-4H3,(H,27,29)/t17-/m0/s1. The lowest BCUT2D eigenvalue weighted by Gasteiger charge is -2.23. The van der Waals surface area contributed by atoms with Crippen LogP contribution in [0.4, 0.5) is 10.1 Å². The molecule has 0 spiro atoms. The van der Waals surface area contributed by atoms with Crippen LogP contribution in [0.2, 0.25) is 0 Å². The summed E-state index contributed by atoms with van der Waals surface area (Å²) in [7, 11) is -0.600. The second-order valence-corrected chi connectivity index (χ2v) is 9.62. The number of carbonyl (C=O) groups excluding carboxylic acids is 1. The number of benzene rings is 3. The van der Waals surface area contributed by atoms with Crippen LogP contribution < -0.4 is 19.1 Å². The van der Waals surface area contributed by atoms with E-state index in [1.165, 1.54) is 36.4 Å². The first-order valence-electron chi connectivity index (χ1n) is 10.5. The van der Waals surface area contributed by atoms with E-state index in [-0.39, 0.29) is 24.1 Å². The third-order valence-electron chi connectivity index (χ3n) is 5.34. The van der Waals surface area contributed by atoms with Crippen molar-refractivity contribution in [3.63, 3.8) is 0 Å². The summed E-state index contributed by atoms with van der Waals surface area (Å²) < 4.78 is 50.5. The van der Waals surface area contributed by atoms with E-state index in [1.807, 2.05) is 13.0 Å². The van der Waals surface area contributed by atoms with Gasteiger partial charge in [0.1, 0.15) is 5.82 Å². The average molecular weight is 487 g/mol. The van der Waals surface area contributed by atoms with Crippen molar-refractivity contribution in [2.45, 2.75) is 19.5 Å². The summed E-state index contributed by atoms with van der Waals surface area (Å²) in [6.07, 6.45) is 1.05. The predicted molar refractivity (Wildman–Crippen MR) is 129 cm³/mol. The second kappa shape index (κ2) is 10.6. The number of halogens is 1. The number of rotatable bonds is 9. The van der Waals surface area contributed by atoms with Gasteiger partial charge in [0.15, 0.2) is 11.5 Å². The summed E-state index contributed by atoms with van der Waals surface area (Å²) in [4.78, 5) is 12.8. The van der Waals surface area contributed by atoms with Gasteiger partial charge in [0, 0.05) is 11.1 Å². The van der Waals surface area contributed by atoms with Crippen LogP contribution in [0.15, 0.2) is 66.7 Å². The minimum absolute atomic E-state index is 0.159. The Hall–Kier alpha value is -3.59. The number of sulfonamides is 1. The number of nitrogens with one attached hydrogen (secondary N) is 1. The molecule has 3 rings (SSSR count). The number of methoxy groups -OCH3 is 2. The first kappa shape index (κ1) is 25.0. The van der Waals surface area contributed by atoms with Crippen molar-refractivity contribution in [3.05, 3.63) is 89.2 Å². The van der Waals surface area contributed by atoms with Gasteiger partial charge in [0.05, 0.1) is 38.7 Å². The second-order valence-electron chi connectivity index (χ2n) is 7.72. The van der Waals surface area contributed by atoms with Gasteiger partial charge in [0.2, 0.25) is 10.0 Å². The average Bonchev–Trinajstić information content (AvgIpc) is 2.82. The Morgan fingerprint density at radius 2 is 1.65 bits per heavy atom. The van der Waals surface area contributed by atoms with Crippen molar-refractivity contribution < 1.29 is 27.1 Å². The molecule has 0 fully saturated rings. The molecule has 7 nitrogen and oxygen atoms in total. The van der Waals surface area contributed by atoms with Crippen molar-refractivity contribution in [1.29, 1.82) is 0 Å². The molecule has 1 amide bonds. The van der Waals surface area contributed by atoms with Gasteiger partial charge in [-0.25, -0.2) is 12.8 Å². The smallest absolute Gasteiger partial charge is 0.251 e. The molecule has 0 saturated carbocycles. The van der Waals surface area contributed by atoms with Gasteiger partial charge in [-0.2, -0.15) is 0 Å². The molecule has 3 aromatic carbocycles. The van der Waals surface area contributed by atoms with Gasteiger partial charge in [0.25, 0.3) is 5.91 Å². The van der Waals surface area contributed by atoms with E-state index in [0.717, 1.165) is 16.1 Å². The molecule has 0 radical (unpaired) electrons. The maximum Gasteiger partial charge on any atom is 0.251 e. The van der Waals surface area contributed by atoms with Crippen LogP contribution in [0.1, 0.15) is 34.5 Å². The highest BCUT2D eigenvalue weighted by molar-refractivity contribution is 7.92. The highest BCUT2D eigenvalue weighted by atomic mass is 32.2. The van der Waals surface area contributed by atoms with Crippen molar-refractivity contribution in [3.8, 4) is 11.5 Å². The third-order valence-corrected chi connectivity index (χ3v) is 6.49. The summed E-state index contributed by atoms with van der Waals surface area (Å²) in [6, 6.07) is 17.2. The molecule has 0 bridgehead atoms. The fourth-order valence-corrected chi connectivity index (χ4v) is 4.32. The molecule has 180 valence electrons. The van der Waals surface area contributed by atoms with E-state index >= 15 is 0 Å². The fourth-order valence-electron chi connectivity index (χ4n) is 3.45. The number of ether oxygens (including phenoxy) is 2. The first-order chi connectivity index (χ1) is 16.1. The monoisotopic (exact) mass is 486 g/mol. The molecular formula is C25H27FN2O5S. The minimum atomic E-state index is -3.69. The lowest BCUT2D eigenvalue weighted by molar-refractivity contribution is 0.0940. The topological polar surface area (TPSA) is 84.9 Å². The molecular weight excluding hydrogens is 459 g/mol. The lowest BCUT2D eigenvalue weighted by Crippen LogP contribution is -2.30. The van der Waals surface area contributed by atoms with Crippen LogP contribution in [-0.2, 0) is 16.6 Å². The molecule has 0 saturated heterocycles. The Balaban J connectivity index is 1.77. The van der Waals surface area contributed by atoms with Crippen LogP contribution in [0.25, 0.3) is 0 Å². The van der Waals surface area contributed by atoms with Gasteiger partial charge in [-0.3, -0.25) is 9.10 Å². The molecule has 0 aliphatic heterocycles. The zero-order chi connectivity index (χ0) is 24.9. The first-order valence-corrected chi connectivity index (χ1v) is 12.3. The zero-order valence-corrected chi connectivity index (χ0v) is 20.2. The van der Waals surface area contributed by atoms with E-state index < -0.39 is 15.8 Å². The van der Waals surface area contributed by atoms with Gasteiger partial charge < -0.3 is 14.8 Å². The van der Waals surface area contributed by atoms with E-state index in [9.17, 15) is 17.6 Å². The number of carbonyl (C=O) groups is 1. The maximum absolute atomic E-state index is 14.1. The Labute approximate surface area is 199 Å². The number of nitrogens with zero attached hydrogens (tertiary/aromatic N) is 1. The van der Waals surface area contributed by atoms with Crippen LogP contribution in [-0.4, -0.2) is 34.8 Å². The number of hydrogen-bond acceptors (Lipinski definition) is 5. The van der Waals surface area contributed by atoms with Crippen molar-refractivity contribution in [2.75, 3.05) is 24.8 Å². The molecule has 0 aliphatic rings. The van der Waals surface area contributed by atoms with E-state index in [1.54, 1.807) is 38.5 Å². The molecule has 0 aliphatic carbocycles. The molecule has 0 heterocycles. The van der Waals surface area contributed by atoms with Crippen molar-refractivity contribution in [1.82, 2.24) is 5.32 Å². The molecule has 3 aromatic rings. The summed E-state index contributed by atoms with van der Waals surface area (Å²) in [6.45, 7) is 1.68. The Morgan fingerprint density at radius 3 is 2.24 bits per heavy atom. The zero-order valence-electron chi connectivity index (χ0n) is 19.4. The molecule has 0 aromatic heterocycles. The molecule has 0 unspecified atom stereocenters. The van der Waals surface area contributed by atoms with Gasteiger partial charge >= 0.3 is 0 Å². The van der Waals surface area contributed by atoms with Crippen LogP contribution in [0.3, 0.4) is 0 Å². The Morgan fingerprint density at radius 1 is 1.00 bits per heavy atom. The summed E-state index contributed by atoms with van der Waals surface area (Å²) in [5.41, 5.74) is 1.76. The minimum Gasteiger partial charge on any atom is -0.493 e. The highest BCUT2D eigenvalue weighted by Gasteiger charge is 2.20. The van der Waals surface area contributed by atoms with Gasteiger partial charge in [-0.15, -0.1) is 0 Å². The quantitative estimate of drug-likeness (QED) is 0.488. The van der Waals surface area contributed by atoms with Crippen LogP contribution in [0.5, 0.6) is 11.5 Å². The van der Waals surface area contributed by atoms with Crippen LogP contribution in [0, 0.1) is 5.82 Å². The Bertz CT molecular complexity index is 1260. The number of anilines is 1. The van der Waals surface area contributed by atoms with Gasteiger partial charge in [-0.1, -0.05) is 24.3 Å². The summed E-state index contributed by atoms with van der Waals surface area (Å²) >= 11 is 0. The number of amides is 1. The Kier molecular flexibility index (Phi) is 7.78. The highest BCUT2D eigenvalue weighted by Crippen LogP contribution is 2.30. The fraction of sp³-hybridized carbons (Fsp3) is 0.240.